The maximum atomic E-state index is 13.2. The Balaban J connectivity index is 1.16. The first kappa shape index (κ1) is 22.8. The lowest BCUT2D eigenvalue weighted by molar-refractivity contribution is -0.128. The molecule has 2 N–H and O–H groups in total. The number of H-pyrrole nitrogens is 1. The lowest BCUT2D eigenvalue weighted by atomic mass is 9.73. The van der Waals surface area contributed by atoms with E-state index in [-0.39, 0.29) is 23.8 Å². The number of pyridine rings is 1. The molecule has 1 aliphatic rings. The monoisotopic (exact) mass is 474 g/mol. The largest absolute Gasteiger partial charge is 0.349 e. The van der Waals surface area contributed by atoms with Crippen molar-refractivity contribution in [3.05, 3.63) is 82.8 Å². The Morgan fingerprint density at radius 3 is 2.69 bits per heavy atom. The van der Waals surface area contributed by atoms with Gasteiger partial charge in [0.25, 0.3) is 0 Å². The first-order valence-electron chi connectivity index (χ1n) is 11.7. The van der Waals surface area contributed by atoms with Gasteiger partial charge in [0.05, 0.1) is 29.8 Å². The van der Waals surface area contributed by atoms with Crippen molar-refractivity contribution in [2.45, 2.75) is 52.0 Å². The number of carbonyl (C=O) groups excluding carboxylic acids is 1. The molecule has 1 saturated carbocycles. The minimum absolute atomic E-state index is 0.0202. The molecule has 0 spiro atoms. The molecule has 0 saturated heterocycles. The molecule has 0 radical (unpaired) electrons. The Kier molecular flexibility index (Phi) is 6.10. The third-order valence-corrected chi connectivity index (χ3v) is 6.34. The summed E-state index contributed by atoms with van der Waals surface area (Å²) in [6, 6.07) is 7.42. The maximum Gasteiger partial charge on any atom is 0.223 e. The van der Waals surface area contributed by atoms with Crippen LogP contribution in [0.3, 0.4) is 0 Å². The second kappa shape index (κ2) is 9.36. The van der Waals surface area contributed by atoms with E-state index in [9.17, 15) is 9.18 Å². The molecule has 9 nitrogen and oxygen atoms in total. The van der Waals surface area contributed by atoms with Crippen molar-refractivity contribution in [2.24, 2.45) is 5.92 Å². The lowest BCUT2D eigenvalue weighted by Crippen LogP contribution is -2.39. The van der Waals surface area contributed by atoms with E-state index in [0.717, 1.165) is 53.2 Å². The molecule has 1 atom stereocenters. The topological polar surface area (TPSA) is 114 Å². The molecular formula is C25H27FN8O. The lowest BCUT2D eigenvalue weighted by Gasteiger charge is -2.34. The summed E-state index contributed by atoms with van der Waals surface area (Å²) in [5.41, 5.74) is 4.70. The van der Waals surface area contributed by atoms with Gasteiger partial charge in [0.1, 0.15) is 5.82 Å². The summed E-state index contributed by atoms with van der Waals surface area (Å²) in [7, 11) is 0. The Morgan fingerprint density at radius 1 is 1.20 bits per heavy atom. The molecule has 4 aromatic rings. The number of hydrogen-bond donors (Lipinski definition) is 2. The molecule has 35 heavy (non-hydrogen) atoms. The van der Waals surface area contributed by atoms with Crippen LogP contribution >= 0.6 is 0 Å². The third kappa shape index (κ3) is 5.11. The van der Waals surface area contributed by atoms with Crippen molar-refractivity contribution in [1.82, 2.24) is 40.2 Å². The molecule has 4 aromatic heterocycles. The number of nitrogens with one attached hydrogen (secondary N) is 2. The average Bonchev–Trinajstić information content (AvgIpc) is 3.40. The van der Waals surface area contributed by atoms with Crippen LogP contribution in [0.1, 0.15) is 65.9 Å². The summed E-state index contributed by atoms with van der Waals surface area (Å²) in [6.07, 6.45) is 6.17. The first-order valence-corrected chi connectivity index (χ1v) is 11.7. The molecule has 10 heteroatoms. The summed E-state index contributed by atoms with van der Waals surface area (Å²) < 4.78 is 14.5. The zero-order chi connectivity index (χ0) is 24.5. The highest BCUT2D eigenvalue weighted by Gasteiger charge is 2.37. The van der Waals surface area contributed by atoms with Crippen LogP contribution in [0.2, 0.25) is 0 Å². The quantitative estimate of drug-likeness (QED) is 0.424. The highest BCUT2D eigenvalue weighted by Crippen LogP contribution is 2.40. The number of nitrogens with zero attached hydrogens (tertiary/aromatic N) is 6. The number of hydrogen-bond acceptors (Lipinski definition) is 6. The SMILES string of the molecule is Cc1cc(Cc2cc(C)[nH]n2)nc(C2CC(C(=O)N[C@@H](C)c3ccc(-n4cc(F)cn4)nc3)C2)n1. The van der Waals surface area contributed by atoms with E-state index in [1.165, 1.54) is 10.9 Å². The van der Waals surface area contributed by atoms with Crippen LogP contribution in [-0.2, 0) is 11.2 Å². The van der Waals surface area contributed by atoms with Crippen LogP contribution in [0.5, 0.6) is 0 Å². The number of amides is 1. The molecule has 1 fully saturated rings. The molecule has 1 amide bonds. The van der Waals surface area contributed by atoms with Crippen LogP contribution in [0.15, 0.2) is 42.9 Å². The number of carbonyl (C=O) groups is 1. The van der Waals surface area contributed by atoms with Crippen LogP contribution in [0.25, 0.3) is 5.82 Å². The number of aromatic amines is 1. The van der Waals surface area contributed by atoms with Gasteiger partial charge in [-0.05, 0) is 57.4 Å². The predicted molar refractivity (Wildman–Crippen MR) is 126 cm³/mol. The molecule has 180 valence electrons. The average molecular weight is 475 g/mol. The minimum Gasteiger partial charge on any atom is -0.349 e. The van der Waals surface area contributed by atoms with Gasteiger partial charge in [-0.15, -0.1) is 0 Å². The zero-order valence-electron chi connectivity index (χ0n) is 19.9. The van der Waals surface area contributed by atoms with Gasteiger partial charge in [-0.1, -0.05) is 6.07 Å². The van der Waals surface area contributed by atoms with E-state index in [1.807, 2.05) is 39.0 Å². The fourth-order valence-electron chi connectivity index (χ4n) is 4.35. The Labute approximate surface area is 202 Å². The van der Waals surface area contributed by atoms with Gasteiger partial charge in [0, 0.05) is 35.8 Å². The fourth-order valence-corrected chi connectivity index (χ4v) is 4.35. The summed E-state index contributed by atoms with van der Waals surface area (Å²) in [5.74, 6) is 1.03. The van der Waals surface area contributed by atoms with E-state index in [4.69, 9.17) is 4.98 Å². The molecule has 0 aliphatic heterocycles. The fraction of sp³-hybridized carbons (Fsp3) is 0.360. The van der Waals surface area contributed by atoms with E-state index in [2.05, 4.69) is 30.6 Å². The van der Waals surface area contributed by atoms with E-state index >= 15 is 0 Å². The summed E-state index contributed by atoms with van der Waals surface area (Å²) in [6.45, 7) is 5.87. The number of aryl methyl sites for hydroxylation is 2. The normalized spacial score (nSPS) is 18.2. The van der Waals surface area contributed by atoms with Gasteiger partial charge in [0.2, 0.25) is 5.91 Å². The Hall–Kier alpha value is -3.95. The van der Waals surface area contributed by atoms with Crippen molar-refractivity contribution in [3.8, 4) is 5.82 Å². The molecular weight excluding hydrogens is 447 g/mol. The Morgan fingerprint density at radius 2 is 2.03 bits per heavy atom. The maximum absolute atomic E-state index is 13.2. The van der Waals surface area contributed by atoms with Gasteiger partial charge in [-0.3, -0.25) is 9.89 Å². The van der Waals surface area contributed by atoms with E-state index in [1.54, 1.807) is 12.3 Å². The number of aromatic nitrogens is 7. The van der Waals surface area contributed by atoms with Gasteiger partial charge in [-0.25, -0.2) is 24.0 Å². The highest BCUT2D eigenvalue weighted by molar-refractivity contribution is 5.80. The van der Waals surface area contributed by atoms with Crippen LogP contribution in [0, 0.1) is 25.6 Å². The molecule has 0 unspecified atom stereocenters. The molecule has 1 aliphatic carbocycles. The Bertz CT molecular complexity index is 1340. The van der Waals surface area contributed by atoms with Crippen molar-refractivity contribution in [3.63, 3.8) is 0 Å². The zero-order valence-corrected chi connectivity index (χ0v) is 19.9. The van der Waals surface area contributed by atoms with Crippen molar-refractivity contribution in [2.75, 3.05) is 0 Å². The van der Waals surface area contributed by atoms with Gasteiger partial charge < -0.3 is 5.32 Å². The van der Waals surface area contributed by atoms with Crippen LogP contribution in [0.4, 0.5) is 4.39 Å². The molecule has 4 heterocycles. The summed E-state index contributed by atoms with van der Waals surface area (Å²) in [5, 5.41) is 14.2. The summed E-state index contributed by atoms with van der Waals surface area (Å²) in [4.78, 5) is 26.5. The smallest absolute Gasteiger partial charge is 0.223 e. The third-order valence-electron chi connectivity index (χ3n) is 6.34. The number of rotatable bonds is 7. The van der Waals surface area contributed by atoms with E-state index in [0.29, 0.717) is 12.2 Å². The standard InChI is InChI=1S/C25H27FN8O/c1-14-6-21(10-22-7-15(2)32-33-22)31-24(29-14)18-8-19(9-18)25(35)30-16(3)17-4-5-23(27-11-17)34-13-20(26)12-28-34/h4-7,11-13,16,18-19H,8-10H2,1-3H3,(H,30,35)(H,32,33)/t16-,18?,19?/m0/s1. The molecule has 0 bridgehead atoms. The van der Waals surface area contributed by atoms with Gasteiger partial charge in [0.15, 0.2) is 11.6 Å². The highest BCUT2D eigenvalue weighted by atomic mass is 19.1. The number of halogens is 1. The minimum atomic E-state index is -0.421. The van der Waals surface area contributed by atoms with Crippen molar-refractivity contribution in [1.29, 1.82) is 0 Å². The van der Waals surface area contributed by atoms with Crippen molar-refractivity contribution >= 4 is 5.91 Å². The molecule has 5 rings (SSSR count). The second-order valence-corrected chi connectivity index (χ2v) is 9.23. The van der Waals surface area contributed by atoms with E-state index < -0.39 is 5.82 Å². The molecule has 0 aromatic carbocycles. The first-order chi connectivity index (χ1) is 16.8. The van der Waals surface area contributed by atoms with Gasteiger partial charge >= 0.3 is 0 Å². The van der Waals surface area contributed by atoms with Crippen molar-refractivity contribution < 1.29 is 9.18 Å². The summed E-state index contributed by atoms with van der Waals surface area (Å²) >= 11 is 0. The van der Waals surface area contributed by atoms with Crippen LogP contribution < -0.4 is 5.32 Å². The van der Waals surface area contributed by atoms with Crippen LogP contribution in [-0.4, -0.2) is 40.8 Å². The predicted octanol–water partition coefficient (Wildman–Crippen LogP) is 3.50. The second-order valence-electron chi connectivity index (χ2n) is 9.23. The van der Waals surface area contributed by atoms with Gasteiger partial charge in [-0.2, -0.15) is 10.2 Å².